The highest BCUT2D eigenvalue weighted by Gasteiger charge is 2.32. The first-order valence-corrected chi connectivity index (χ1v) is 14.3. The van der Waals surface area contributed by atoms with Gasteiger partial charge in [-0.25, -0.2) is 4.79 Å². The van der Waals surface area contributed by atoms with E-state index in [0.29, 0.717) is 12.5 Å². The van der Waals surface area contributed by atoms with Crippen LogP contribution in [0.25, 0.3) is 0 Å². The molecule has 2 aromatic rings. The molecule has 3 N–H and O–H groups in total. The molecule has 2 saturated carbocycles. The Morgan fingerprint density at radius 1 is 1.05 bits per heavy atom. The van der Waals surface area contributed by atoms with Crippen LogP contribution >= 0.6 is 0 Å². The summed E-state index contributed by atoms with van der Waals surface area (Å²) < 4.78 is 0. The third-order valence-electron chi connectivity index (χ3n) is 8.05. The summed E-state index contributed by atoms with van der Waals surface area (Å²) in [7, 11) is 0. The predicted molar refractivity (Wildman–Crippen MR) is 158 cm³/mol. The van der Waals surface area contributed by atoms with Crippen LogP contribution in [0.1, 0.15) is 96.6 Å². The van der Waals surface area contributed by atoms with Gasteiger partial charge in [-0.3, -0.25) is 0 Å². The SMILES string of the molecule is C1CCC1.CCN(c1ccc(C(C)(C)CC=O)cc1NC(=O)Nc1ccc(C)cc1)C1CCC(C)(O)CC1. The zero-order valence-electron chi connectivity index (χ0n) is 24.0. The minimum absolute atomic E-state index is 0.291. The highest BCUT2D eigenvalue weighted by molar-refractivity contribution is 6.02. The Hall–Kier alpha value is -2.86. The molecule has 0 aromatic heterocycles. The van der Waals surface area contributed by atoms with Crippen molar-refractivity contribution < 1.29 is 14.7 Å². The van der Waals surface area contributed by atoms with Gasteiger partial charge < -0.3 is 25.4 Å². The number of rotatable bonds is 8. The summed E-state index contributed by atoms with van der Waals surface area (Å²) in [6.45, 7) is 10.9. The highest BCUT2D eigenvalue weighted by Crippen LogP contribution is 2.38. The Morgan fingerprint density at radius 2 is 1.66 bits per heavy atom. The van der Waals surface area contributed by atoms with E-state index in [2.05, 4.69) is 34.6 Å². The fraction of sp³-hybridized carbons (Fsp3) is 0.562. The van der Waals surface area contributed by atoms with Crippen molar-refractivity contribution >= 4 is 29.4 Å². The van der Waals surface area contributed by atoms with Crippen molar-refractivity contribution in [2.45, 2.75) is 109 Å². The number of nitrogens with one attached hydrogen (secondary N) is 2. The maximum atomic E-state index is 12.9. The third kappa shape index (κ3) is 8.32. The van der Waals surface area contributed by atoms with E-state index in [9.17, 15) is 14.7 Å². The van der Waals surface area contributed by atoms with E-state index in [-0.39, 0.29) is 11.4 Å². The lowest BCUT2D eigenvalue weighted by Gasteiger charge is -2.41. The summed E-state index contributed by atoms with van der Waals surface area (Å²) in [6, 6.07) is 13.8. The molecule has 0 atom stereocenters. The Kier molecular flexibility index (Phi) is 10.4. The lowest BCUT2D eigenvalue weighted by Crippen LogP contribution is -2.43. The lowest BCUT2D eigenvalue weighted by atomic mass is 9.81. The second-order valence-electron chi connectivity index (χ2n) is 11.9. The van der Waals surface area contributed by atoms with Gasteiger partial charge in [0.1, 0.15) is 6.29 Å². The minimum Gasteiger partial charge on any atom is -0.390 e. The number of aliphatic hydroxyl groups is 1. The van der Waals surface area contributed by atoms with Gasteiger partial charge in [-0.15, -0.1) is 0 Å². The van der Waals surface area contributed by atoms with E-state index >= 15 is 0 Å². The third-order valence-corrected chi connectivity index (χ3v) is 8.05. The lowest BCUT2D eigenvalue weighted by molar-refractivity contribution is -0.108. The number of amides is 2. The number of nitrogens with zero attached hydrogens (tertiary/aromatic N) is 1. The van der Waals surface area contributed by atoms with Crippen molar-refractivity contribution in [3.05, 3.63) is 53.6 Å². The van der Waals surface area contributed by atoms with E-state index < -0.39 is 5.60 Å². The van der Waals surface area contributed by atoms with Gasteiger partial charge in [-0.1, -0.05) is 63.3 Å². The largest absolute Gasteiger partial charge is 0.390 e. The Bertz CT molecular complexity index is 1040. The maximum Gasteiger partial charge on any atom is 0.323 e. The van der Waals surface area contributed by atoms with E-state index in [0.717, 1.165) is 66.7 Å². The molecule has 38 heavy (non-hydrogen) atoms. The normalized spacial score (nSPS) is 20.8. The smallest absolute Gasteiger partial charge is 0.323 e. The van der Waals surface area contributed by atoms with Gasteiger partial charge in [-0.05, 0) is 81.7 Å². The van der Waals surface area contributed by atoms with E-state index in [1.807, 2.05) is 58.0 Å². The summed E-state index contributed by atoms with van der Waals surface area (Å²) >= 11 is 0. The topological polar surface area (TPSA) is 81.7 Å². The Labute approximate surface area is 229 Å². The summed E-state index contributed by atoms with van der Waals surface area (Å²) in [5.41, 5.74) is 3.58. The molecule has 2 fully saturated rings. The molecule has 2 aromatic carbocycles. The first-order chi connectivity index (χ1) is 18.0. The van der Waals surface area contributed by atoms with Crippen LogP contribution in [0.2, 0.25) is 0 Å². The van der Waals surface area contributed by atoms with Crippen LogP contribution in [-0.4, -0.2) is 35.6 Å². The number of anilines is 3. The number of aryl methyl sites for hydroxylation is 1. The molecule has 0 heterocycles. The molecular weight excluding hydrogens is 474 g/mol. The van der Waals surface area contributed by atoms with Gasteiger partial charge in [0.15, 0.2) is 0 Å². The molecule has 0 radical (unpaired) electrons. The van der Waals surface area contributed by atoms with Gasteiger partial charge in [0.2, 0.25) is 0 Å². The number of hydrogen-bond donors (Lipinski definition) is 3. The molecule has 2 aliphatic rings. The van der Waals surface area contributed by atoms with Crippen LogP contribution in [0.4, 0.5) is 21.9 Å². The van der Waals surface area contributed by atoms with Gasteiger partial charge in [0, 0.05) is 24.7 Å². The standard InChI is InChI=1S/C28H39N3O3.C4H8/c1-6-31(23-13-15-28(5,34)16-14-23)25-12-9-21(27(3,4)17-18-32)19-24(25)30-26(33)29-22-10-7-20(2)8-11-22;1-2-4-3-1/h7-12,18-19,23,34H,6,13-17H2,1-5H3,(H2,29,30,33);1-4H2. The van der Waals surface area contributed by atoms with Gasteiger partial charge >= 0.3 is 6.03 Å². The average molecular weight is 522 g/mol. The predicted octanol–water partition coefficient (Wildman–Crippen LogP) is 7.59. The van der Waals surface area contributed by atoms with Crippen molar-refractivity contribution in [3.8, 4) is 0 Å². The van der Waals surface area contributed by atoms with Crippen molar-refractivity contribution in [2.75, 3.05) is 22.1 Å². The van der Waals surface area contributed by atoms with E-state index in [4.69, 9.17) is 0 Å². The van der Waals surface area contributed by atoms with Crippen LogP contribution in [0.5, 0.6) is 0 Å². The van der Waals surface area contributed by atoms with Gasteiger partial charge in [0.25, 0.3) is 0 Å². The maximum absolute atomic E-state index is 12.9. The molecule has 0 unspecified atom stereocenters. The second kappa shape index (κ2) is 13.3. The fourth-order valence-electron chi connectivity index (χ4n) is 4.97. The van der Waals surface area contributed by atoms with Gasteiger partial charge in [-0.2, -0.15) is 0 Å². The van der Waals surface area contributed by atoms with Crippen LogP contribution < -0.4 is 15.5 Å². The van der Waals surface area contributed by atoms with Crippen LogP contribution in [0.15, 0.2) is 42.5 Å². The van der Waals surface area contributed by atoms with Crippen LogP contribution in [0.3, 0.4) is 0 Å². The second-order valence-corrected chi connectivity index (χ2v) is 11.9. The molecule has 2 amide bonds. The zero-order valence-corrected chi connectivity index (χ0v) is 24.0. The molecule has 0 bridgehead atoms. The molecule has 4 rings (SSSR count). The molecule has 0 spiro atoms. The number of benzene rings is 2. The van der Waals surface area contributed by atoms with E-state index in [1.165, 1.54) is 25.7 Å². The van der Waals surface area contributed by atoms with Crippen molar-refractivity contribution in [2.24, 2.45) is 0 Å². The number of carbonyl (C=O) groups is 2. The average Bonchev–Trinajstić information content (AvgIpc) is 2.81. The molecule has 0 aliphatic heterocycles. The molecule has 208 valence electrons. The summed E-state index contributed by atoms with van der Waals surface area (Å²) in [4.78, 5) is 26.5. The van der Waals surface area contributed by atoms with E-state index in [1.54, 1.807) is 0 Å². The number of carbonyl (C=O) groups excluding carboxylic acids is 2. The molecule has 6 nitrogen and oxygen atoms in total. The first-order valence-electron chi connectivity index (χ1n) is 14.3. The zero-order chi connectivity index (χ0) is 27.8. The molecule has 0 saturated heterocycles. The first kappa shape index (κ1) is 29.7. The minimum atomic E-state index is -0.604. The number of aldehydes is 1. The molecule has 2 aliphatic carbocycles. The number of hydrogen-bond acceptors (Lipinski definition) is 4. The van der Waals surface area contributed by atoms with Crippen molar-refractivity contribution in [3.63, 3.8) is 0 Å². The molecule has 6 heteroatoms. The monoisotopic (exact) mass is 521 g/mol. The summed E-state index contributed by atoms with van der Waals surface area (Å²) in [6.07, 6.45) is 10.7. The van der Waals surface area contributed by atoms with Crippen LogP contribution in [0, 0.1) is 6.92 Å². The van der Waals surface area contributed by atoms with Crippen molar-refractivity contribution in [1.82, 2.24) is 0 Å². The summed E-state index contributed by atoms with van der Waals surface area (Å²) in [5.74, 6) is 0. The number of urea groups is 1. The Morgan fingerprint density at radius 3 is 2.18 bits per heavy atom. The summed E-state index contributed by atoms with van der Waals surface area (Å²) in [5, 5.41) is 16.4. The highest BCUT2D eigenvalue weighted by atomic mass is 16.3. The molecular formula is C32H47N3O3. The van der Waals surface area contributed by atoms with Crippen LogP contribution in [-0.2, 0) is 10.2 Å². The van der Waals surface area contributed by atoms with Gasteiger partial charge in [0.05, 0.1) is 17.0 Å². The Balaban J connectivity index is 0.000000912. The fourth-order valence-corrected chi connectivity index (χ4v) is 4.97. The quantitative estimate of drug-likeness (QED) is 0.313. The van der Waals surface area contributed by atoms with Crippen molar-refractivity contribution in [1.29, 1.82) is 0 Å².